The van der Waals surface area contributed by atoms with Crippen LogP contribution in [0.25, 0.3) is 5.69 Å². The van der Waals surface area contributed by atoms with Gasteiger partial charge in [0, 0.05) is 12.2 Å². The number of amides is 1. The molecule has 11 heteroatoms. The Labute approximate surface area is 187 Å². The van der Waals surface area contributed by atoms with Crippen LogP contribution in [0.4, 0.5) is 24.7 Å². The number of rotatable bonds is 5. The van der Waals surface area contributed by atoms with E-state index in [1.165, 1.54) is 20.0 Å². The number of aryl methyl sites for hydroxylation is 2. The molecule has 0 saturated heterocycles. The summed E-state index contributed by atoms with van der Waals surface area (Å²) < 4.78 is 40.4. The van der Waals surface area contributed by atoms with Gasteiger partial charge < -0.3 is 16.8 Å². The zero-order valence-corrected chi connectivity index (χ0v) is 18.2. The lowest BCUT2D eigenvalue weighted by molar-refractivity contribution is -0.137. The number of nitrogens with zero attached hydrogens (tertiary/aromatic N) is 3. The van der Waals surface area contributed by atoms with Crippen molar-refractivity contribution in [3.63, 3.8) is 0 Å². The second kappa shape index (κ2) is 9.02. The van der Waals surface area contributed by atoms with Gasteiger partial charge in [-0.25, -0.2) is 4.98 Å². The van der Waals surface area contributed by atoms with Crippen LogP contribution < -0.4 is 22.3 Å². The standard InChI is InChI=1S/C22H23F3N6O2/c1-4-16(26)13-7-15(9-28-8-13)30-20(32)17-19(27)29-10-31(21(17)33)18-11(2)5-14(6-12(18)3)22(23,24)25/h5-10,16H,4,26-27H2,1-3H3,(H,30,32)/t16-/m0/s1. The van der Waals surface area contributed by atoms with Gasteiger partial charge in [0.2, 0.25) is 0 Å². The van der Waals surface area contributed by atoms with E-state index in [4.69, 9.17) is 11.5 Å². The molecule has 1 amide bonds. The quantitative estimate of drug-likeness (QED) is 0.534. The Morgan fingerprint density at radius 2 is 1.82 bits per heavy atom. The molecule has 0 aliphatic rings. The normalized spacial score (nSPS) is 12.5. The predicted octanol–water partition coefficient (Wildman–Crippen LogP) is 3.51. The number of nitrogen functional groups attached to an aromatic ring is 1. The average Bonchev–Trinajstić information content (AvgIpc) is 2.73. The van der Waals surface area contributed by atoms with Gasteiger partial charge in [-0.15, -0.1) is 0 Å². The summed E-state index contributed by atoms with van der Waals surface area (Å²) in [6, 6.07) is 3.22. The third-order valence-corrected chi connectivity index (χ3v) is 5.17. The van der Waals surface area contributed by atoms with Crippen LogP contribution in [0.15, 0.2) is 41.7 Å². The number of carbonyl (C=O) groups excluding carboxylic acids is 1. The molecule has 3 aromatic rings. The van der Waals surface area contributed by atoms with Crippen LogP contribution in [0.5, 0.6) is 0 Å². The zero-order chi connectivity index (χ0) is 24.5. The monoisotopic (exact) mass is 460 g/mol. The molecule has 8 nitrogen and oxygen atoms in total. The molecule has 0 radical (unpaired) electrons. The van der Waals surface area contributed by atoms with Crippen molar-refractivity contribution >= 4 is 17.4 Å². The fraction of sp³-hybridized carbons (Fsp3) is 0.273. The summed E-state index contributed by atoms with van der Waals surface area (Å²) in [4.78, 5) is 34.0. The SMILES string of the molecule is CC[C@H](N)c1cncc(NC(=O)c2c(N)ncn(-c3c(C)cc(C(F)(F)F)cc3C)c2=O)c1. The lowest BCUT2D eigenvalue weighted by atomic mass is 10.0. The van der Waals surface area contributed by atoms with Gasteiger partial charge in [-0.05, 0) is 55.2 Å². The topological polar surface area (TPSA) is 129 Å². The van der Waals surface area contributed by atoms with Gasteiger partial charge in [-0.1, -0.05) is 6.92 Å². The lowest BCUT2D eigenvalue weighted by Crippen LogP contribution is -2.31. The summed E-state index contributed by atoms with van der Waals surface area (Å²) in [5.41, 5.74) is 11.3. The van der Waals surface area contributed by atoms with Crippen molar-refractivity contribution < 1.29 is 18.0 Å². The number of hydrogen-bond donors (Lipinski definition) is 3. The van der Waals surface area contributed by atoms with Crippen LogP contribution in [0.1, 0.15) is 52.0 Å². The molecule has 2 aromatic heterocycles. The van der Waals surface area contributed by atoms with Crippen molar-refractivity contribution in [2.45, 2.75) is 39.4 Å². The number of nitrogens with two attached hydrogens (primary N) is 2. The summed E-state index contributed by atoms with van der Waals surface area (Å²) in [5.74, 6) is -1.14. The Morgan fingerprint density at radius 3 is 2.39 bits per heavy atom. The van der Waals surface area contributed by atoms with Crippen LogP contribution in [-0.2, 0) is 6.18 Å². The molecule has 174 valence electrons. The van der Waals surface area contributed by atoms with Gasteiger partial charge >= 0.3 is 6.18 Å². The van der Waals surface area contributed by atoms with Crippen LogP contribution in [0.2, 0.25) is 0 Å². The molecular weight excluding hydrogens is 437 g/mol. The molecular formula is C22H23F3N6O2. The Balaban J connectivity index is 2.04. The lowest BCUT2D eigenvalue weighted by Gasteiger charge is -2.17. The first-order valence-corrected chi connectivity index (χ1v) is 10.0. The molecule has 0 saturated carbocycles. The molecule has 0 unspecified atom stereocenters. The summed E-state index contributed by atoms with van der Waals surface area (Å²) in [7, 11) is 0. The highest BCUT2D eigenvalue weighted by Crippen LogP contribution is 2.33. The van der Waals surface area contributed by atoms with E-state index >= 15 is 0 Å². The number of carbonyl (C=O) groups is 1. The van der Waals surface area contributed by atoms with E-state index in [1.54, 1.807) is 12.3 Å². The van der Waals surface area contributed by atoms with Gasteiger partial charge in [-0.2, -0.15) is 13.2 Å². The molecule has 0 aliphatic carbocycles. The molecule has 1 atom stereocenters. The molecule has 0 aliphatic heterocycles. The number of benzene rings is 1. The minimum atomic E-state index is -4.54. The van der Waals surface area contributed by atoms with E-state index in [2.05, 4.69) is 15.3 Å². The summed E-state index contributed by atoms with van der Waals surface area (Å²) >= 11 is 0. The van der Waals surface area contributed by atoms with Gasteiger partial charge in [-0.3, -0.25) is 19.1 Å². The second-order valence-electron chi connectivity index (χ2n) is 7.61. The van der Waals surface area contributed by atoms with Crippen LogP contribution in [-0.4, -0.2) is 20.4 Å². The Morgan fingerprint density at radius 1 is 1.18 bits per heavy atom. The van der Waals surface area contributed by atoms with E-state index in [0.29, 0.717) is 17.7 Å². The number of halogens is 3. The minimum absolute atomic E-state index is 0.187. The van der Waals surface area contributed by atoms with Gasteiger partial charge in [0.25, 0.3) is 11.5 Å². The Kier molecular flexibility index (Phi) is 6.54. The number of pyridine rings is 1. The Hall–Kier alpha value is -3.73. The van der Waals surface area contributed by atoms with Crippen molar-refractivity contribution in [3.05, 3.63) is 75.1 Å². The third-order valence-electron chi connectivity index (χ3n) is 5.17. The maximum absolute atomic E-state index is 13.2. The predicted molar refractivity (Wildman–Crippen MR) is 118 cm³/mol. The maximum atomic E-state index is 13.2. The van der Waals surface area contributed by atoms with Crippen molar-refractivity contribution in [1.82, 2.24) is 14.5 Å². The largest absolute Gasteiger partial charge is 0.416 e. The minimum Gasteiger partial charge on any atom is -0.383 e. The van der Waals surface area contributed by atoms with E-state index in [0.717, 1.165) is 23.0 Å². The van der Waals surface area contributed by atoms with Gasteiger partial charge in [0.15, 0.2) is 0 Å². The molecule has 1 aromatic carbocycles. The highest BCUT2D eigenvalue weighted by Gasteiger charge is 2.32. The second-order valence-corrected chi connectivity index (χ2v) is 7.61. The van der Waals surface area contributed by atoms with Crippen molar-refractivity contribution in [3.8, 4) is 5.69 Å². The molecule has 5 N–H and O–H groups in total. The van der Waals surface area contributed by atoms with Gasteiger partial charge in [0.1, 0.15) is 17.7 Å². The van der Waals surface area contributed by atoms with Gasteiger partial charge in [0.05, 0.1) is 23.1 Å². The molecule has 3 rings (SSSR count). The molecule has 0 bridgehead atoms. The number of alkyl halides is 3. The molecule has 33 heavy (non-hydrogen) atoms. The van der Waals surface area contributed by atoms with Crippen LogP contribution in [0.3, 0.4) is 0 Å². The van der Waals surface area contributed by atoms with E-state index in [1.807, 2.05) is 6.92 Å². The van der Waals surface area contributed by atoms with E-state index < -0.39 is 28.8 Å². The number of hydrogen-bond acceptors (Lipinski definition) is 6. The van der Waals surface area contributed by atoms with Crippen molar-refractivity contribution in [2.24, 2.45) is 5.73 Å². The summed E-state index contributed by atoms with van der Waals surface area (Å²) in [6.07, 6.45) is 0.168. The smallest absolute Gasteiger partial charge is 0.383 e. The van der Waals surface area contributed by atoms with Crippen LogP contribution >= 0.6 is 0 Å². The first kappa shape index (κ1) is 23.9. The fourth-order valence-corrected chi connectivity index (χ4v) is 3.50. The third kappa shape index (κ3) is 4.87. The highest BCUT2D eigenvalue weighted by atomic mass is 19.4. The average molecular weight is 460 g/mol. The molecule has 0 fully saturated rings. The number of anilines is 2. The molecule has 2 heterocycles. The summed E-state index contributed by atoms with van der Waals surface area (Å²) in [5, 5.41) is 2.56. The van der Waals surface area contributed by atoms with Crippen molar-refractivity contribution in [1.29, 1.82) is 0 Å². The highest BCUT2D eigenvalue weighted by molar-refractivity contribution is 6.06. The first-order valence-electron chi connectivity index (χ1n) is 10.0. The maximum Gasteiger partial charge on any atom is 0.416 e. The zero-order valence-electron chi connectivity index (χ0n) is 18.2. The van der Waals surface area contributed by atoms with E-state index in [-0.39, 0.29) is 28.7 Å². The van der Waals surface area contributed by atoms with E-state index in [9.17, 15) is 22.8 Å². The first-order chi connectivity index (χ1) is 15.4. The fourth-order valence-electron chi connectivity index (χ4n) is 3.50. The number of nitrogens with one attached hydrogen (secondary N) is 1. The summed E-state index contributed by atoms with van der Waals surface area (Å²) in [6.45, 7) is 4.78. The van der Waals surface area contributed by atoms with Crippen LogP contribution in [0, 0.1) is 13.8 Å². The number of aromatic nitrogens is 3. The molecule has 0 spiro atoms. The van der Waals surface area contributed by atoms with Crippen molar-refractivity contribution in [2.75, 3.05) is 11.1 Å². The Bertz CT molecular complexity index is 1250.